The van der Waals surface area contributed by atoms with Crippen LogP contribution >= 0.6 is 0 Å². The number of nitrogens with zero attached hydrogens (tertiary/aromatic N) is 2. The summed E-state index contributed by atoms with van der Waals surface area (Å²) in [6, 6.07) is 5.66. The van der Waals surface area contributed by atoms with Gasteiger partial charge < -0.3 is 14.8 Å². The normalized spacial score (nSPS) is 15.3. The number of hydrogen-bond acceptors (Lipinski definition) is 7. The maximum atomic E-state index is 12.8. The van der Waals surface area contributed by atoms with Gasteiger partial charge in [-0.05, 0) is 49.9 Å². The molecule has 0 atom stereocenters. The van der Waals surface area contributed by atoms with E-state index >= 15 is 0 Å². The number of amides is 1. The van der Waals surface area contributed by atoms with Gasteiger partial charge in [-0.15, -0.1) is 0 Å². The number of ether oxygens (including phenoxy) is 2. The zero-order valence-electron chi connectivity index (χ0n) is 19.1. The molecular weight excluding hydrogens is 446 g/mol. The number of benzene rings is 1. The van der Waals surface area contributed by atoms with Crippen LogP contribution in [0, 0.1) is 0 Å². The molecule has 180 valence electrons. The lowest BCUT2D eigenvalue weighted by molar-refractivity contribution is 0.0494. The van der Waals surface area contributed by atoms with Gasteiger partial charge in [0.15, 0.2) is 9.84 Å². The molecule has 0 saturated carbocycles. The molecule has 3 rings (SSSR count). The van der Waals surface area contributed by atoms with Crippen LogP contribution in [0.4, 0.5) is 0 Å². The highest BCUT2D eigenvalue weighted by molar-refractivity contribution is 7.90. The Balaban J connectivity index is 1.62. The summed E-state index contributed by atoms with van der Waals surface area (Å²) in [5.74, 6) is -0.612. The topological polar surface area (TPSA) is 117 Å². The lowest BCUT2D eigenvalue weighted by atomic mass is 10.1. The van der Waals surface area contributed by atoms with Crippen molar-refractivity contribution in [2.45, 2.75) is 50.5 Å². The van der Waals surface area contributed by atoms with Crippen LogP contribution in [0.2, 0.25) is 0 Å². The van der Waals surface area contributed by atoms with E-state index in [9.17, 15) is 18.0 Å². The third-order valence-corrected chi connectivity index (χ3v) is 6.54. The number of rotatable bonds is 7. The molecule has 0 radical (unpaired) electrons. The highest BCUT2D eigenvalue weighted by Crippen LogP contribution is 2.19. The van der Waals surface area contributed by atoms with Crippen molar-refractivity contribution in [3.05, 3.63) is 46.8 Å². The van der Waals surface area contributed by atoms with E-state index in [1.54, 1.807) is 0 Å². The first kappa shape index (κ1) is 24.9. The highest BCUT2D eigenvalue weighted by atomic mass is 32.2. The van der Waals surface area contributed by atoms with Crippen molar-refractivity contribution >= 4 is 21.7 Å². The number of esters is 1. The van der Waals surface area contributed by atoms with Crippen molar-refractivity contribution in [3.8, 4) is 0 Å². The van der Waals surface area contributed by atoms with Crippen molar-refractivity contribution in [2.24, 2.45) is 0 Å². The Morgan fingerprint density at radius 1 is 1.21 bits per heavy atom. The van der Waals surface area contributed by atoms with Crippen molar-refractivity contribution in [1.29, 1.82) is 0 Å². The van der Waals surface area contributed by atoms with Crippen molar-refractivity contribution < 1.29 is 27.5 Å². The molecule has 2 aromatic rings. The third kappa shape index (κ3) is 6.64. The van der Waals surface area contributed by atoms with E-state index in [0.29, 0.717) is 56.7 Å². The lowest BCUT2D eigenvalue weighted by Gasteiger charge is -2.10. The second-order valence-electron chi connectivity index (χ2n) is 7.96. The van der Waals surface area contributed by atoms with Crippen LogP contribution in [0.1, 0.15) is 58.3 Å². The Labute approximate surface area is 194 Å². The first-order valence-corrected chi connectivity index (χ1v) is 13.1. The fourth-order valence-electron chi connectivity index (χ4n) is 3.71. The minimum Gasteiger partial charge on any atom is -0.462 e. The zero-order chi connectivity index (χ0) is 23.8. The molecule has 1 N–H and O–H groups in total. The van der Waals surface area contributed by atoms with Gasteiger partial charge in [0.05, 0.1) is 34.0 Å². The number of fused-ring (bicyclic) bond motifs is 1. The maximum Gasteiger partial charge on any atom is 0.338 e. The van der Waals surface area contributed by atoms with Gasteiger partial charge in [-0.3, -0.25) is 9.48 Å². The second kappa shape index (κ2) is 11.4. The van der Waals surface area contributed by atoms with Gasteiger partial charge in [0.2, 0.25) is 0 Å². The molecule has 33 heavy (non-hydrogen) atoms. The number of nitrogens with one attached hydrogen (secondary N) is 1. The van der Waals surface area contributed by atoms with Crippen LogP contribution in [0.15, 0.2) is 29.2 Å². The number of carbonyl (C=O) groups excluding carboxylic acids is 2. The maximum absolute atomic E-state index is 12.8. The SMILES string of the molecule is CCc1nn(CCCOC(=O)c2ccc(S(C)(=O)=O)cc2)c2c1C(=O)NCCCOCCC2. The number of hydrogen-bond donors (Lipinski definition) is 1. The molecule has 1 aromatic carbocycles. The minimum atomic E-state index is -3.32. The van der Waals surface area contributed by atoms with Gasteiger partial charge in [-0.25, -0.2) is 13.2 Å². The van der Waals surface area contributed by atoms with Gasteiger partial charge in [-0.1, -0.05) is 6.92 Å². The molecule has 0 aliphatic carbocycles. The van der Waals surface area contributed by atoms with Crippen molar-refractivity contribution in [3.63, 3.8) is 0 Å². The molecule has 0 spiro atoms. The largest absolute Gasteiger partial charge is 0.462 e. The quantitative estimate of drug-likeness (QED) is 0.480. The molecule has 1 aromatic heterocycles. The minimum absolute atomic E-state index is 0.0982. The van der Waals surface area contributed by atoms with Crippen LogP contribution in [0.5, 0.6) is 0 Å². The number of aromatic nitrogens is 2. The summed E-state index contributed by atoms with van der Waals surface area (Å²) in [5, 5.41) is 7.61. The summed E-state index contributed by atoms with van der Waals surface area (Å²) >= 11 is 0. The van der Waals surface area contributed by atoms with Crippen LogP contribution in [-0.2, 0) is 38.7 Å². The van der Waals surface area contributed by atoms with E-state index in [1.807, 2.05) is 11.6 Å². The average molecular weight is 478 g/mol. The average Bonchev–Trinajstić information content (AvgIpc) is 3.13. The highest BCUT2D eigenvalue weighted by Gasteiger charge is 2.23. The molecule has 10 heteroatoms. The molecule has 1 aliphatic rings. The van der Waals surface area contributed by atoms with Crippen LogP contribution < -0.4 is 5.32 Å². The fraction of sp³-hybridized carbons (Fsp3) is 0.522. The van der Waals surface area contributed by atoms with E-state index in [0.717, 1.165) is 30.5 Å². The Bertz CT molecular complexity index is 1080. The fourth-order valence-corrected chi connectivity index (χ4v) is 4.34. The van der Waals surface area contributed by atoms with Crippen molar-refractivity contribution in [2.75, 3.05) is 32.6 Å². The van der Waals surface area contributed by atoms with E-state index in [1.165, 1.54) is 24.3 Å². The zero-order valence-corrected chi connectivity index (χ0v) is 19.9. The first-order chi connectivity index (χ1) is 15.8. The molecule has 0 unspecified atom stereocenters. The van der Waals surface area contributed by atoms with Crippen LogP contribution in [-0.4, -0.2) is 62.7 Å². The van der Waals surface area contributed by atoms with E-state index in [2.05, 4.69) is 10.4 Å². The molecule has 0 bridgehead atoms. The summed E-state index contributed by atoms with van der Waals surface area (Å²) in [6.07, 6.45) is 4.55. The van der Waals surface area contributed by atoms with Crippen LogP contribution in [0.3, 0.4) is 0 Å². The molecule has 1 amide bonds. The lowest BCUT2D eigenvalue weighted by Crippen LogP contribution is -2.26. The second-order valence-corrected chi connectivity index (χ2v) is 9.97. The molecular formula is C23H31N3O6S. The number of aryl methyl sites for hydroxylation is 2. The predicted molar refractivity (Wildman–Crippen MR) is 122 cm³/mol. The van der Waals surface area contributed by atoms with Gasteiger partial charge >= 0.3 is 5.97 Å². The Morgan fingerprint density at radius 2 is 1.94 bits per heavy atom. The van der Waals surface area contributed by atoms with Crippen LogP contribution in [0.25, 0.3) is 0 Å². The summed E-state index contributed by atoms with van der Waals surface area (Å²) in [5.41, 5.74) is 2.60. The predicted octanol–water partition coefficient (Wildman–Crippen LogP) is 2.18. The molecule has 0 saturated heterocycles. The third-order valence-electron chi connectivity index (χ3n) is 5.41. The van der Waals surface area contributed by atoms with Gasteiger partial charge in [0, 0.05) is 39.0 Å². The summed E-state index contributed by atoms with van der Waals surface area (Å²) in [7, 11) is -3.32. The Hall–Kier alpha value is -2.72. The summed E-state index contributed by atoms with van der Waals surface area (Å²) in [4.78, 5) is 25.2. The Morgan fingerprint density at radius 3 is 2.64 bits per heavy atom. The van der Waals surface area contributed by atoms with E-state index in [-0.39, 0.29) is 17.4 Å². The standard InChI is InChI=1S/C23H31N3O6S/c1-3-19-21-20(7-4-14-31-15-5-12-24-22(21)27)26(25-19)13-6-16-32-23(28)17-8-10-18(11-9-17)33(2,29)30/h8-11H,3-7,12-16H2,1-2H3,(H,24,27). The van der Waals surface area contributed by atoms with E-state index in [4.69, 9.17) is 9.47 Å². The number of carbonyl (C=O) groups is 2. The Kier molecular flexibility index (Phi) is 8.62. The summed E-state index contributed by atoms with van der Waals surface area (Å²) < 4.78 is 35.9. The monoisotopic (exact) mass is 477 g/mol. The molecule has 2 heterocycles. The van der Waals surface area contributed by atoms with Gasteiger partial charge in [-0.2, -0.15) is 5.10 Å². The van der Waals surface area contributed by atoms with Gasteiger partial charge in [0.1, 0.15) is 0 Å². The molecule has 9 nitrogen and oxygen atoms in total. The van der Waals surface area contributed by atoms with Gasteiger partial charge in [0.25, 0.3) is 5.91 Å². The summed E-state index contributed by atoms with van der Waals surface area (Å²) in [6.45, 7) is 4.50. The molecule has 1 aliphatic heterocycles. The molecule has 0 fully saturated rings. The first-order valence-electron chi connectivity index (χ1n) is 11.2. The smallest absolute Gasteiger partial charge is 0.338 e. The van der Waals surface area contributed by atoms with E-state index < -0.39 is 15.8 Å². The van der Waals surface area contributed by atoms with Crippen molar-refractivity contribution in [1.82, 2.24) is 15.1 Å². The number of sulfone groups is 1.